The molecule has 18 heavy (non-hydrogen) atoms. The Kier molecular flexibility index (Phi) is 2.19. The number of carboxylic acids is 1. The highest BCUT2D eigenvalue weighted by Gasteiger charge is 2.14. The van der Waals surface area contributed by atoms with Crippen LogP contribution in [0.15, 0.2) is 36.5 Å². The van der Waals surface area contributed by atoms with Gasteiger partial charge in [0.15, 0.2) is 5.69 Å². The molecule has 0 saturated carbocycles. The summed E-state index contributed by atoms with van der Waals surface area (Å²) in [5.41, 5.74) is 2.81. The van der Waals surface area contributed by atoms with Crippen molar-refractivity contribution < 1.29 is 9.90 Å². The van der Waals surface area contributed by atoms with Crippen molar-refractivity contribution in [3.63, 3.8) is 0 Å². The maximum atomic E-state index is 10.9. The van der Waals surface area contributed by atoms with Crippen LogP contribution in [0.2, 0.25) is 0 Å². The minimum absolute atomic E-state index is 0.0535. The second-order valence-corrected chi connectivity index (χ2v) is 4.09. The van der Waals surface area contributed by atoms with Crippen LogP contribution in [-0.2, 0) is 7.05 Å². The summed E-state index contributed by atoms with van der Waals surface area (Å²) >= 11 is 0. The number of carbonyl (C=O) groups is 1. The van der Waals surface area contributed by atoms with Gasteiger partial charge in [-0.05, 0) is 12.1 Å². The Balaban J connectivity index is 2.23. The highest BCUT2D eigenvalue weighted by atomic mass is 16.4. The van der Waals surface area contributed by atoms with Gasteiger partial charge in [0.05, 0.1) is 5.69 Å². The van der Waals surface area contributed by atoms with Gasteiger partial charge in [-0.25, -0.2) is 4.79 Å². The lowest BCUT2D eigenvalue weighted by molar-refractivity contribution is 0.0689. The lowest BCUT2D eigenvalue weighted by Crippen LogP contribution is -1.99. The van der Waals surface area contributed by atoms with Gasteiger partial charge in [-0.15, -0.1) is 0 Å². The summed E-state index contributed by atoms with van der Waals surface area (Å²) in [6.07, 6.45) is 1.87. The maximum absolute atomic E-state index is 10.9. The molecule has 0 radical (unpaired) electrons. The molecule has 3 rings (SSSR count). The molecule has 0 amide bonds. The Morgan fingerprint density at radius 1 is 1.39 bits per heavy atom. The van der Waals surface area contributed by atoms with Gasteiger partial charge in [-0.1, -0.05) is 18.2 Å². The average molecular weight is 241 g/mol. The number of benzene rings is 1. The Morgan fingerprint density at radius 3 is 2.89 bits per heavy atom. The fourth-order valence-electron chi connectivity index (χ4n) is 2.11. The third-order valence-electron chi connectivity index (χ3n) is 2.96. The van der Waals surface area contributed by atoms with Crippen molar-refractivity contribution in [3.8, 4) is 11.3 Å². The number of fused-ring (bicyclic) bond motifs is 1. The number of para-hydroxylation sites is 1. The molecular weight excluding hydrogens is 230 g/mol. The van der Waals surface area contributed by atoms with Crippen LogP contribution in [0.25, 0.3) is 22.2 Å². The largest absolute Gasteiger partial charge is 0.476 e. The van der Waals surface area contributed by atoms with Crippen LogP contribution in [0.4, 0.5) is 0 Å². The van der Waals surface area contributed by atoms with Gasteiger partial charge in [-0.3, -0.25) is 4.68 Å². The molecule has 2 N–H and O–H groups in total. The normalized spacial score (nSPS) is 10.9. The zero-order valence-corrected chi connectivity index (χ0v) is 9.71. The van der Waals surface area contributed by atoms with Gasteiger partial charge >= 0.3 is 5.97 Å². The van der Waals surface area contributed by atoms with E-state index < -0.39 is 5.97 Å². The zero-order valence-electron chi connectivity index (χ0n) is 9.71. The first-order chi connectivity index (χ1) is 8.66. The Bertz CT molecular complexity index is 740. The molecule has 5 nitrogen and oxygen atoms in total. The molecule has 0 atom stereocenters. The van der Waals surface area contributed by atoms with Gasteiger partial charge in [-0.2, -0.15) is 5.10 Å². The van der Waals surface area contributed by atoms with Crippen molar-refractivity contribution >= 4 is 16.9 Å². The van der Waals surface area contributed by atoms with Crippen molar-refractivity contribution in [1.82, 2.24) is 14.8 Å². The van der Waals surface area contributed by atoms with Crippen LogP contribution < -0.4 is 0 Å². The summed E-state index contributed by atoms with van der Waals surface area (Å²) in [5, 5.41) is 14.0. The topological polar surface area (TPSA) is 70.9 Å². The number of hydrogen-bond donors (Lipinski definition) is 2. The van der Waals surface area contributed by atoms with Crippen LogP contribution in [0.5, 0.6) is 0 Å². The van der Waals surface area contributed by atoms with E-state index in [1.54, 1.807) is 17.8 Å². The summed E-state index contributed by atoms with van der Waals surface area (Å²) in [7, 11) is 1.74. The third-order valence-corrected chi connectivity index (χ3v) is 2.96. The predicted octanol–water partition coefficient (Wildman–Crippen LogP) is 2.27. The zero-order chi connectivity index (χ0) is 12.7. The fraction of sp³-hybridized carbons (Fsp3) is 0.0769. The number of rotatable bonds is 2. The molecule has 0 unspecified atom stereocenters. The van der Waals surface area contributed by atoms with Crippen LogP contribution in [0, 0.1) is 0 Å². The van der Waals surface area contributed by atoms with E-state index in [-0.39, 0.29) is 5.69 Å². The van der Waals surface area contributed by atoms with Crippen molar-refractivity contribution in [2.24, 2.45) is 7.05 Å². The van der Waals surface area contributed by atoms with E-state index in [0.717, 1.165) is 22.2 Å². The summed E-state index contributed by atoms with van der Waals surface area (Å²) in [5.74, 6) is -1.02. The van der Waals surface area contributed by atoms with Crippen molar-refractivity contribution in [1.29, 1.82) is 0 Å². The molecular formula is C13H11N3O2. The first-order valence-electron chi connectivity index (χ1n) is 5.50. The number of aromatic carboxylic acids is 1. The number of nitrogens with one attached hydrogen (secondary N) is 1. The lowest BCUT2D eigenvalue weighted by Gasteiger charge is -1.99. The Labute approximate surface area is 103 Å². The number of H-pyrrole nitrogens is 1. The quantitative estimate of drug-likeness (QED) is 0.723. The Hall–Kier alpha value is -2.56. The number of aryl methyl sites for hydroxylation is 1. The lowest BCUT2D eigenvalue weighted by atomic mass is 10.1. The van der Waals surface area contributed by atoms with Crippen molar-refractivity contribution in [2.75, 3.05) is 0 Å². The molecule has 0 aliphatic carbocycles. The van der Waals surface area contributed by atoms with Crippen LogP contribution in [-0.4, -0.2) is 25.8 Å². The van der Waals surface area contributed by atoms with Crippen LogP contribution in [0.1, 0.15) is 10.5 Å². The summed E-state index contributed by atoms with van der Waals surface area (Å²) in [6.45, 7) is 0. The van der Waals surface area contributed by atoms with Crippen LogP contribution >= 0.6 is 0 Å². The second kappa shape index (κ2) is 3.73. The molecule has 90 valence electrons. The number of nitrogens with zero attached hydrogens (tertiary/aromatic N) is 2. The predicted molar refractivity (Wildman–Crippen MR) is 67.5 cm³/mol. The highest BCUT2D eigenvalue weighted by molar-refractivity contribution is 5.96. The molecule has 2 aromatic heterocycles. The van der Waals surface area contributed by atoms with Crippen LogP contribution in [0.3, 0.4) is 0 Å². The molecule has 0 aliphatic heterocycles. The first kappa shape index (κ1) is 10.6. The second-order valence-electron chi connectivity index (χ2n) is 4.09. The van der Waals surface area contributed by atoms with E-state index in [4.69, 9.17) is 5.11 Å². The molecule has 0 fully saturated rings. The van der Waals surface area contributed by atoms with E-state index in [0.29, 0.717) is 0 Å². The average Bonchev–Trinajstić information content (AvgIpc) is 2.92. The standard InChI is InChI=1S/C13H11N3O2/c1-16-12(6-11(15-16)13(17)18)9-7-14-10-5-3-2-4-8(9)10/h2-7,14H,1H3,(H,17,18). The van der Waals surface area contributed by atoms with Gasteiger partial charge in [0, 0.05) is 29.7 Å². The van der Waals surface area contributed by atoms with Gasteiger partial charge in [0.1, 0.15) is 0 Å². The van der Waals surface area contributed by atoms with E-state index >= 15 is 0 Å². The van der Waals surface area contributed by atoms with Crippen molar-refractivity contribution in [2.45, 2.75) is 0 Å². The molecule has 0 spiro atoms. The van der Waals surface area contributed by atoms with E-state index in [1.807, 2.05) is 30.5 Å². The molecule has 0 bridgehead atoms. The monoisotopic (exact) mass is 241 g/mol. The van der Waals surface area contributed by atoms with Gasteiger partial charge < -0.3 is 10.1 Å². The molecule has 2 heterocycles. The maximum Gasteiger partial charge on any atom is 0.356 e. The first-order valence-corrected chi connectivity index (χ1v) is 5.50. The number of aromatic amines is 1. The molecule has 3 aromatic rings. The minimum atomic E-state index is -1.02. The van der Waals surface area contributed by atoms with Crippen molar-refractivity contribution in [3.05, 3.63) is 42.2 Å². The molecule has 5 heteroatoms. The van der Waals surface area contributed by atoms with Gasteiger partial charge in [0.2, 0.25) is 0 Å². The smallest absolute Gasteiger partial charge is 0.356 e. The minimum Gasteiger partial charge on any atom is -0.476 e. The van der Waals surface area contributed by atoms with E-state index in [2.05, 4.69) is 10.1 Å². The summed E-state index contributed by atoms with van der Waals surface area (Å²) in [4.78, 5) is 14.1. The fourth-order valence-corrected chi connectivity index (χ4v) is 2.11. The molecule has 1 aromatic carbocycles. The van der Waals surface area contributed by atoms with E-state index in [9.17, 15) is 4.79 Å². The highest BCUT2D eigenvalue weighted by Crippen LogP contribution is 2.28. The molecule has 0 aliphatic rings. The summed E-state index contributed by atoms with van der Waals surface area (Å²) in [6, 6.07) is 9.46. The van der Waals surface area contributed by atoms with Gasteiger partial charge in [0.25, 0.3) is 0 Å². The molecule has 0 saturated heterocycles. The number of aromatic nitrogens is 3. The summed E-state index contributed by atoms with van der Waals surface area (Å²) < 4.78 is 1.58. The number of hydrogen-bond acceptors (Lipinski definition) is 2. The third kappa shape index (κ3) is 1.48. The Morgan fingerprint density at radius 2 is 2.17 bits per heavy atom. The van der Waals surface area contributed by atoms with E-state index in [1.165, 1.54) is 0 Å². The SMILES string of the molecule is Cn1nc(C(=O)O)cc1-c1c[nH]c2ccccc12. The number of carboxylic acid groups (broad SMARTS) is 1.